The number of piperidine rings is 1. The minimum absolute atomic E-state index is 0.0655. The first-order valence-electron chi connectivity index (χ1n) is 8.48. The van der Waals surface area contributed by atoms with Gasteiger partial charge in [0.05, 0.1) is 4.70 Å². The van der Waals surface area contributed by atoms with Gasteiger partial charge in [-0.25, -0.2) is 0 Å². The average molecular weight is 329 g/mol. The second kappa shape index (κ2) is 5.87. The van der Waals surface area contributed by atoms with Gasteiger partial charge in [0.1, 0.15) is 5.69 Å². The van der Waals surface area contributed by atoms with Gasteiger partial charge in [0.15, 0.2) is 0 Å². The van der Waals surface area contributed by atoms with E-state index in [1.54, 1.807) is 0 Å². The molecule has 1 aliphatic heterocycles. The molecule has 0 N–H and O–H groups in total. The summed E-state index contributed by atoms with van der Waals surface area (Å²) in [4.78, 5) is 17.1. The molecule has 1 aliphatic carbocycles. The van der Waals surface area contributed by atoms with Crippen molar-refractivity contribution in [2.24, 2.45) is 0 Å². The molecular formula is C18H23N3OS. The number of aromatic nitrogens is 1. The molecule has 1 saturated carbocycles. The number of amides is 1. The molecule has 122 valence electrons. The Morgan fingerprint density at radius 3 is 2.91 bits per heavy atom. The fourth-order valence-electron chi connectivity index (χ4n) is 3.57. The van der Waals surface area contributed by atoms with Crippen molar-refractivity contribution >= 4 is 27.5 Å². The maximum absolute atomic E-state index is 12.9. The molecule has 2 fully saturated rings. The fourth-order valence-corrected chi connectivity index (χ4v) is 4.39. The zero-order chi connectivity index (χ0) is 16.0. The van der Waals surface area contributed by atoms with E-state index in [0.717, 1.165) is 41.9 Å². The summed E-state index contributed by atoms with van der Waals surface area (Å²) in [5.74, 6) is 0.803. The molecule has 1 unspecified atom stereocenters. The molecule has 0 bridgehead atoms. The Hall–Kier alpha value is -1.46. The Kier molecular flexibility index (Phi) is 3.85. The van der Waals surface area contributed by atoms with Crippen LogP contribution in [0.5, 0.6) is 0 Å². The Morgan fingerprint density at radius 2 is 2.17 bits per heavy atom. The number of likely N-dealkylation sites (tertiary alicyclic amines) is 1. The molecule has 1 amide bonds. The highest BCUT2D eigenvalue weighted by Gasteiger charge is 2.28. The maximum atomic E-state index is 12.9. The lowest BCUT2D eigenvalue weighted by molar-refractivity contribution is 0.0641. The SMILES string of the molecule is CN1CCCC(N(C)C(=O)c2nsc3cc(C4CC4)ccc23)C1. The van der Waals surface area contributed by atoms with Gasteiger partial charge < -0.3 is 9.80 Å². The summed E-state index contributed by atoms with van der Waals surface area (Å²) >= 11 is 1.46. The Labute approximate surface area is 141 Å². The van der Waals surface area contributed by atoms with Gasteiger partial charge in [-0.3, -0.25) is 4.79 Å². The lowest BCUT2D eigenvalue weighted by Gasteiger charge is -2.35. The van der Waals surface area contributed by atoms with Crippen LogP contribution < -0.4 is 0 Å². The van der Waals surface area contributed by atoms with Gasteiger partial charge in [0.2, 0.25) is 0 Å². The fraction of sp³-hybridized carbons (Fsp3) is 0.556. The number of likely N-dealkylation sites (N-methyl/N-ethyl adjacent to an activating group) is 2. The summed E-state index contributed by atoms with van der Waals surface area (Å²) in [6, 6.07) is 6.81. The van der Waals surface area contributed by atoms with Crippen molar-refractivity contribution in [1.82, 2.24) is 14.2 Å². The van der Waals surface area contributed by atoms with Crippen LogP contribution in [0.3, 0.4) is 0 Å². The van der Waals surface area contributed by atoms with Gasteiger partial charge in [0.25, 0.3) is 5.91 Å². The predicted molar refractivity (Wildman–Crippen MR) is 94.2 cm³/mol. The molecule has 2 heterocycles. The van der Waals surface area contributed by atoms with E-state index in [-0.39, 0.29) is 5.91 Å². The van der Waals surface area contributed by atoms with Gasteiger partial charge in [-0.1, -0.05) is 12.1 Å². The summed E-state index contributed by atoms with van der Waals surface area (Å²) in [5, 5.41) is 1.01. The van der Waals surface area contributed by atoms with Crippen LogP contribution in [-0.2, 0) is 0 Å². The zero-order valence-electron chi connectivity index (χ0n) is 13.8. The van der Waals surface area contributed by atoms with Crippen molar-refractivity contribution in [2.45, 2.75) is 37.6 Å². The van der Waals surface area contributed by atoms with Gasteiger partial charge in [-0.15, -0.1) is 0 Å². The van der Waals surface area contributed by atoms with Crippen molar-refractivity contribution in [3.8, 4) is 0 Å². The monoisotopic (exact) mass is 329 g/mol. The predicted octanol–water partition coefficient (Wildman–Crippen LogP) is 3.34. The summed E-state index contributed by atoms with van der Waals surface area (Å²) < 4.78 is 5.63. The largest absolute Gasteiger partial charge is 0.336 e. The molecule has 1 saturated heterocycles. The summed E-state index contributed by atoms with van der Waals surface area (Å²) in [6.45, 7) is 2.08. The normalized spacial score (nSPS) is 22.4. The molecule has 2 aromatic rings. The van der Waals surface area contributed by atoms with E-state index in [9.17, 15) is 4.79 Å². The summed E-state index contributed by atoms with van der Waals surface area (Å²) in [6.07, 6.45) is 4.84. The standard InChI is InChI=1S/C18H23N3OS/c1-20-9-3-4-14(11-20)21(2)18(22)17-15-8-7-13(12-5-6-12)10-16(15)23-19-17/h7-8,10,12,14H,3-6,9,11H2,1-2H3. The number of fused-ring (bicyclic) bond motifs is 1. The average Bonchev–Trinajstić information content (AvgIpc) is 3.33. The molecule has 4 nitrogen and oxygen atoms in total. The third kappa shape index (κ3) is 2.88. The third-order valence-corrected chi connectivity index (χ3v) is 6.02. The van der Waals surface area contributed by atoms with Crippen molar-refractivity contribution in [1.29, 1.82) is 0 Å². The zero-order valence-corrected chi connectivity index (χ0v) is 14.6. The van der Waals surface area contributed by atoms with E-state index in [0.29, 0.717) is 11.7 Å². The smallest absolute Gasteiger partial charge is 0.274 e. The molecule has 4 rings (SSSR count). The van der Waals surface area contributed by atoms with Crippen LogP contribution in [0.2, 0.25) is 0 Å². The number of hydrogen-bond acceptors (Lipinski definition) is 4. The number of rotatable bonds is 3. The highest BCUT2D eigenvalue weighted by atomic mass is 32.1. The molecule has 23 heavy (non-hydrogen) atoms. The first-order valence-corrected chi connectivity index (χ1v) is 9.26. The third-order valence-electron chi connectivity index (χ3n) is 5.22. The van der Waals surface area contributed by atoms with E-state index in [4.69, 9.17) is 0 Å². The first-order chi connectivity index (χ1) is 11.1. The van der Waals surface area contributed by atoms with Crippen LogP contribution >= 0.6 is 11.5 Å². The van der Waals surface area contributed by atoms with Gasteiger partial charge in [-0.05, 0) is 68.4 Å². The van der Waals surface area contributed by atoms with Gasteiger partial charge in [-0.2, -0.15) is 4.37 Å². The maximum Gasteiger partial charge on any atom is 0.274 e. The van der Waals surface area contributed by atoms with Gasteiger partial charge >= 0.3 is 0 Å². The Bertz CT molecular complexity index is 737. The van der Waals surface area contributed by atoms with Crippen LogP contribution in [0, 0.1) is 0 Å². The van der Waals surface area contributed by atoms with Crippen molar-refractivity contribution < 1.29 is 4.79 Å². The van der Waals surface area contributed by atoms with Crippen LogP contribution in [0.1, 0.15) is 47.7 Å². The van der Waals surface area contributed by atoms with E-state index in [2.05, 4.69) is 34.5 Å². The summed E-state index contributed by atoms with van der Waals surface area (Å²) in [5.41, 5.74) is 2.03. The second-order valence-corrected chi connectivity index (χ2v) is 7.84. The topological polar surface area (TPSA) is 36.4 Å². The molecular weight excluding hydrogens is 306 g/mol. The highest BCUT2D eigenvalue weighted by molar-refractivity contribution is 7.13. The second-order valence-electron chi connectivity index (χ2n) is 7.04. The molecule has 2 aliphatic rings. The lowest BCUT2D eigenvalue weighted by Crippen LogP contribution is -2.47. The first kappa shape index (κ1) is 15.1. The van der Waals surface area contributed by atoms with Crippen molar-refractivity contribution in [2.75, 3.05) is 27.2 Å². The Morgan fingerprint density at radius 1 is 1.35 bits per heavy atom. The lowest BCUT2D eigenvalue weighted by atomic mass is 10.0. The highest BCUT2D eigenvalue weighted by Crippen LogP contribution is 2.41. The quantitative estimate of drug-likeness (QED) is 0.866. The number of carbonyl (C=O) groups excluding carboxylic acids is 1. The van der Waals surface area contributed by atoms with E-state index in [1.165, 1.54) is 29.9 Å². The molecule has 0 spiro atoms. The van der Waals surface area contributed by atoms with E-state index >= 15 is 0 Å². The van der Waals surface area contributed by atoms with Gasteiger partial charge in [0, 0.05) is 25.0 Å². The van der Waals surface area contributed by atoms with Crippen LogP contribution in [0.25, 0.3) is 10.1 Å². The van der Waals surface area contributed by atoms with Crippen LogP contribution in [0.4, 0.5) is 0 Å². The van der Waals surface area contributed by atoms with Crippen molar-refractivity contribution in [3.05, 3.63) is 29.5 Å². The molecule has 5 heteroatoms. The molecule has 1 atom stereocenters. The van der Waals surface area contributed by atoms with E-state index < -0.39 is 0 Å². The van der Waals surface area contributed by atoms with Crippen LogP contribution in [0.15, 0.2) is 18.2 Å². The minimum Gasteiger partial charge on any atom is -0.336 e. The van der Waals surface area contributed by atoms with Crippen LogP contribution in [-0.4, -0.2) is 53.3 Å². The summed E-state index contributed by atoms with van der Waals surface area (Å²) in [7, 11) is 4.05. The number of hydrogen-bond donors (Lipinski definition) is 0. The van der Waals surface area contributed by atoms with Crippen molar-refractivity contribution in [3.63, 3.8) is 0 Å². The molecule has 0 radical (unpaired) electrons. The molecule has 1 aromatic carbocycles. The Balaban J connectivity index is 1.59. The minimum atomic E-state index is 0.0655. The number of nitrogens with zero attached hydrogens (tertiary/aromatic N) is 3. The van der Waals surface area contributed by atoms with E-state index in [1.807, 2.05) is 11.9 Å². The number of carbonyl (C=O) groups is 1. The number of benzene rings is 1. The molecule has 1 aromatic heterocycles.